The van der Waals surface area contributed by atoms with Crippen molar-refractivity contribution < 1.29 is 4.79 Å². The Hall–Kier alpha value is -2.89. The molecule has 2 aromatic heterocycles. The van der Waals surface area contributed by atoms with Crippen LogP contribution in [-0.4, -0.2) is 27.2 Å². The SMILES string of the molecule is CCN(C(=O)c1cnc2c(c(C)nn2-c2ccccc2)c1Cl)c1ccc(Cl)cc1. The van der Waals surface area contributed by atoms with Gasteiger partial charge in [-0.3, -0.25) is 4.79 Å². The number of carbonyl (C=O) groups excluding carboxylic acids is 1. The van der Waals surface area contributed by atoms with E-state index in [1.807, 2.05) is 56.3 Å². The molecule has 0 fully saturated rings. The Morgan fingerprint density at radius 2 is 1.76 bits per heavy atom. The first-order valence-electron chi connectivity index (χ1n) is 9.18. The van der Waals surface area contributed by atoms with Crippen molar-refractivity contribution in [3.05, 3.63) is 82.1 Å². The van der Waals surface area contributed by atoms with Gasteiger partial charge in [-0.2, -0.15) is 5.10 Å². The van der Waals surface area contributed by atoms with E-state index >= 15 is 0 Å². The van der Waals surface area contributed by atoms with Crippen LogP contribution in [0.2, 0.25) is 10.0 Å². The number of benzene rings is 2. The summed E-state index contributed by atoms with van der Waals surface area (Å²) >= 11 is 12.7. The lowest BCUT2D eigenvalue weighted by Gasteiger charge is -2.21. The summed E-state index contributed by atoms with van der Waals surface area (Å²) in [6, 6.07) is 16.8. The van der Waals surface area contributed by atoms with E-state index in [1.54, 1.807) is 21.7 Å². The van der Waals surface area contributed by atoms with Crippen molar-refractivity contribution in [2.24, 2.45) is 0 Å². The molecule has 0 saturated carbocycles. The molecule has 0 radical (unpaired) electrons. The van der Waals surface area contributed by atoms with Crippen molar-refractivity contribution in [3.63, 3.8) is 0 Å². The summed E-state index contributed by atoms with van der Waals surface area (Å²) in [7, 11) is 0. The predicted octanol–water partition coefficient (Wildman–Crippen LogP) is 5.70. The number of rotatable bonds is 4. The predicted molar refractivity (Wildman–Crippen MR) is 117 cm³/mol. The number of anilines is 1. The van der Waals surface area contributed by atoms with Crippen LogP contribution in [0.3, 0.4) is 0 Å². The molecule has 29 heavy (non-hydrogen) atoms. The molecule has 1 amide bonds. The van der Waals surface area contributed by atoms with Gasteiger partial charge in [-0.1, -0.05) is 41.4 Å². The zero-order valence-corrected chi connectivity index (χ0v) is 17.4. The van der Waals surface area contributed by atoms with E-state index in [0.717, 1.165) is 11.4 Å². The molecule has 0 bridgehead atoms. The molecule has 2 heterocycles. The Bertz CT molecular complexity index is 1190. The minimum absolute atomic E-state index is 0.221. The van der Waals surface area contributed by atoms with Crippen LogP contribution in [0.15, 0.2) is 60.8 Å². The van der Waals surface area contributed by atoms with Crippen LogP contribution in [-0.2, 0) is 0 Å². The summed E-state index contributed by atoms with van der Waals surface area (Å²) in [5, 5.41) is 6.23. The monoisotopic (exact) mass is 424 g/mol. The highest BCUT2D eigenvalue weighted by Crippen LogP contribution is 2.31. The number of nitrogens with zero attached hydrogens (tertiary/aromatic N) is 4. The van der Waals surface area contributed by atoms with Gasteiger partial charge in [0.05, 0.1) is 27.4 Å². The van der Waals surface area contributed by atoms with Crippen LogP contribution in [0.25, 0.3) is 16.7 Å². The fraction of sp³-hybridized carbons (Fsp3) is 0.136. The van der Waals surface area contributed by atoms with Gasteiger partial charge in [0.25, 0.3) is 5.91 Å². The quantitative estimate of drug-likeness (QED) is 0.421. The number of halogens is 2. The molecule has 0 aliphatic rings. The van der Waals surface area contributed by atoms with Crippen molar-refractivity contribution in [2.75, 3.05) is 11.4 Å². The molecular weight excluding hydrogens is 407 g/mol. The highest BCUT2D eigenvalue weighted by atomic mass is 35.5. The normalized spacial score (nSPS) is 11.0. The summed E-state index contributed by atoms with van der Waals surface area (Å²) in [6.45, 7) is 4.25. The van der Waals surface area contributed by atoms with Crippen molar-refractivity contribution in [1.82, 2.24) is 14.8 Å². The van der Waals surface area contributed by atoms with Gasteiger partial charge in [-0.15, -0.1) is 0 Å². The van der Waals surface area contributed by atoms with Crippen molar-refractivity contribution in [1.29, 1.82) is 0 Å². The van der Waals surface area contributed by atoms with Gasteiger partial charge >= 0.3 is 0 Å². The van der Waals surface area contributed by atoms with Crippen LogP contribution >= 0.6 is 23.2 Å². The maximum absolute atomic E-state index is 13.3. The summed E-state index contributed by atoms with van der Waals surface area (Å²) in [5.74, 6) is -0.221. The molecule has 0 atom stereocenters. The molecule has 4 rings (SSSR count). The first-order chi connectivity index (χ1) is 14.0. The smallest absolute Gasteiger partial charge is 0.261 e. The molecule has 7 heteroatoms. The molecule has 0 aliphatic heterocycles. The number of carbonyl (C=O) groups is 1. The second kappa shape index (κ2) is 7.85. The fourth-order valence-electron chi connectivity index (χ4n) is 3.32. The highest BCUT2D eigenvalue weighted by Gasteiger charge is 2.23. The van der Waals surface area contributed by atoms with Crippen LogP contribution in [0.5, 0.6) is 0 Å². The summed E-state index contributed by atoms with van der Waals surface area (Å²) < 4.78 is 1.74. The second-order valence-corrected chi connectivity index (χ2v) is 7.36. The number of pyridine rings is 1. The molecule has 4 aromatic rings. The first-order valence-corrected chi connectivity index (χ1v) is 9.93. The van der Waals surface area contributed by atoms with Crippen molar-refractivity contribution in [3.8, 4) is 5.69 Å². The van der Waals surface area contributed by atoms with Crippen molar-refractivity contribution >= 4 is 45.8 Å². The van der Waals surface area contributed by atoms with E-state index in [4.69, 9.17) is 23.2 Å². The lowest BCUT2D eigenvalue weighted by Crippen LogP contribution is -2.31. The number of hydrogen-bond acceptors (Lipinski definition) is 3. The number of aryl methyl sites for hydroxylation is 1. The molecule has 5 nitrogen and oxygen atoms in total. The fourth-order valence-corrected chi connectivity index (χ4v) is 3.79. The zero-order valence-electron chi connectivity index (χ0n) is 15.9. The molecule has 0 unspecified atom stereocenters. The average Bonchev–Trinajstić information content (AvgIpc) is 3.08. The average molecular weight is 425 g/mol. The number of fused-ring (bicyclic) bond motifs is 1. The van der Waals surface area contributed by atoms with Gasteiger partial charge in [-0.25, -0.2) is 9.67 Å². The van der Waals surface area contributed by atoms with E-state index in [2.05, 4.69) is 10.1 Å². The van der Waals surface area contributed by atoms with Crippen molar-refractivity contribution in [2.45, 2.75) is 13.8 Å². The number of hydrogen-bond donors (Lipinski definition) is 0. The molecule has 0 N–H and O–H groups in total. The number of aromatic nitrogens is 3. The van der Waals surface area contributed by atoms with Crippen LogP contribution in [0.1, 0.15) is 23.0 Å². The molecular formula is C22H18Cl2N4O. The van der Waals surface area contributed by atoms with Gasteiger partial charge in [0.1, 0.15) is 0 Å². The summed E-state index contributed by atoms with van der Waals surface area (Å²) in [5.41, 5.74) is 3.29. The summed E-state index contributed by atoms with van der Waals surface area (Å²) in [6.07, 6.45) is 1.52. The minimum atomic E-state index is -0.221. The minimum Gasteiger partial charge on any atom is -0.309 e. The number of para-hydroxylation sites is 1. The third-order valence-corrected chi connectivity index (χ3v) is 5.38. The number of amides is 1. The molecule has 2 aromatic carbocycles. The Morgan fingerprint density at radius 1 is 1.07 bits per heavy atom. The molecule has 0 saturated heterocycles. The third-order valence-electron chi connectivity index (χ3n) is 4.74. The topological polar surface area (TPSA) is 51.0 Å². The van der Waals surface area contributed by atoms with Crippen LogP contribution < -0.4 is 4.90 Å². The maximum Gasteiger partial charge on any atom is 0.261 e. The first kappa shape index (κ1) is 19.4. The molecule has 146 valence electrons. The Kier molecular flexibility index (Phi) is 5.26. The second-order valence-electron chi connectivity index (χ2n) is 6.54. The standard InChI is InChI=1S/C22H18Cl2N4O/c1-3-27(16-11-9-15(23)10-12-16)22(29)18-13-25-21-19(20(18)24)14(2)26-28(21)17-7-5-4-6-8-17/h4-13H,3H2,1-2H3. The zero-order chi connectivity index (χ0) is 20.5. The van der Waals surface area contributed by atoms with Gasteiger partial charge in [0, 0.05) is 23.5 Å². The van der Waals surface area contributed by atoms with E-state index in [9.17, 15) is 4.79 Å². The maximum atomic E-state index is 13.3. The summed E-state index contributed by atoms with van der Waals surface area (Å²) in [4.78, 5) is 19.4. The van der Waals surface area contributed by atoms with Crippen LogP contribution in [0.4, 0.5) is 5.69 Å². The molecule has 0 aliphatic carbocycles. The largest absolute Gasteiger partial charge is 0.309 e. The third kappa shape index (κ3) is 3.48. The van der Waals surface area contributed by atoms with Crippen LogP contribution in [0, 0.1) is 6.92 Å². The highest BCUT2D eigenvalue weighted by molar-refractivity contribution is 6.39. The molecule has 0 spiro atoms. The van der Waals surface area contributed by atoms with Gasteiger partial charge in [-0.05, 0) is 50.2 Å². The van der Waals surface area contributed by atoms with Gasteiger partial charge < -0.3 is 4.90 Å². The van der Waals surface area contributed by atoms with Gasteiger partial charge in [0.2, 0.25) is 0 Å². The Balaban J connectivity index is 1.81. The van der Waals surface area contributed by atoms with E-state index in [0.29, 0.717) is 38.9 Å². The lowest BCUT2D eigenvalue weighted by atomic mass is 10.1. The van der Waals surface area contributed by atoms with E-state index in [1.165, 1.54) is 6.20 Å². The van der Waals surface area contributed by atoms with E-state index in [-0.39, 0.29) is 5.91 Å². The lowest BCUT2D eigenvalue weighted by molar-refractivity contribution is 0.0988. The van der Waals surface area contributed by atoms with E-state index < -0.39 is 0 Å². The Labute approximate surface area is 178 Å². The Morgan fingerprint density at radius 3 is 2.41 bits per heavy atom. The van der Waals surface area contributed by atoms with Gasteiger partial charge in [0.15, 0.2) is 5.65 Å².